The van der Waals surface area contributed by atoms with Crippen molar-refractivity contribution >= 4 is 21.9 Å². The first-order valence-electron chi connectivity index (χ1n) is 8.35. The number of hydrogen-bond donors (Lipinski definition) is 1. The summed E-state index contributed by atoms with van der Waals surface area (Å²) >= 11 is 0. The molecule has 1 fully saturated rings. The van der Waals surface area contributed by atoms with Crippen molar-refractivity contribution in [2.24, 2.45) is 0 Å². The van der Waals surface area contributed by atoms with Gasteiger partial charge in [0.2, 0.25) is 10.0 Å². The first-order valence-corrected chi connectivity index (χ1v) is 9.79. The number of hydrogen-bond acceptors (Lipinski definition) is 4. The fourth-order valence-electron chi connectivity index (χ4n) is 2.77. The van der Waals surface area contributed by atoms with E-state index in [0.717, 1.165) is 30.6 Å². The number of carboxylic acid groups (broad SMARTS) is 1. The van der Waals surface area contributed by atoms with Crippen LogP contribution < -0.4 is 0 Å². The number of benzene rings is 1. The van der Waals surface area contributed by atoms with Crippen molar-refractivity contribution in [1.29, 1.82) is 0 Å². The van der Waals surface area contributed by atoms with Crippen LogP contribution in [0.1, 0.15) is 43.0 Å². The number of nitrogens with zero attached hydrogens (tertiary/aromatic N) is 2. The summed E-state index contributed by atoms with van der Waals surface area (Å²) in [6, 6.07) is 4.80. The molecule has 0 saturated carbocycles. The molecule has 0 aliphatic carbocycles. The van der Waals surface area contributed by atoms with E-state index in [9.17, 15) is 18.0 Å². The summed E-state index contributed by atoms with van der Waals surface area (Å²) in [6.07, 6.45) is 3.69. The van der Waals surface area contributed by atoms with Crippen LogP contribution in [0.4, 0.5) is 0 Å². The van der Waals surface area contributed by atoms with Gasteiger partial charge in [0.1, 0.15) is 6.04 Å². The van der Waals surface area contributed by atoms with Crippen LogP contribution in [0, 0.1) is 0 Å². The number of amides is 1. The van der Waals surface area contributed by atoms with Crippen molar-refractivity contribution in [2.45, 2.75) is 43.5 Å². The standard InChI is InChI=1S/C17H24N2O5S/c1-13(17(21)22)18(2)16(20)14-8-7-9-15(12-14)25(23,24)19-10-5-3-4-6-11-19/h7-9,12-13H,3-6,10-11H2,1-2H3,(H,21,22). The van der Waals surface area contributed by atoms with Crippen molar-refractivity contribution in [3.63, 3.8) is 0 Å². The number of rotatable bonds is 5. The highest BCUT2D eigenvalue weighted by Crippen LogP contribution is 2.21. The van der Waals surface area contributed by atoms with E-state index in [1.807, 2.05) is 0 Å². The summed E-state index contributed by atoms with van der Waals surface area (Å²) in [4.78, 5) is 24.7. The Balaban J connectivity index is 2.28. The van der Waals surface area contributed by atoms with Crippen LogP contribution in [0.5, 0.6) is 0 Å². The molecule has 0 radical (unpaired) electrons. The first-order chi connectivity index (χ1) is 11.7. The zero-order valence-corrected chi connectivity index (χ0v) is 15.3. The van der Waals surface area contributed by atoms with Crippen LogP contribution in [-0.2, 0) is 14.8 Å². The Labute approximate surface area is 148 Å². The Bertz CT molecular complexity index is 739. The average molecular weight is 368 g/mol. The van der Waals surface area contributed by atoms with E-state index in [2.05, 4.69) is 0 Å². The van der Waals surface area contributed by atoms with Crippen LogP contribution in [0.25, 0.3) is 0 Å². The second-order valence-corrected chi connectivity index (χ2v) is 8.21. The van der Waals surface area contributed by atoms with Gasteiger partial charge in [-0.15, -0.1) is 0 Å². The van der Waals surface area contributed by atoms with Gasteiger partial charge in [0, 0.05) is 25.7 Å². The third-order valence-corrected chi connectivity index (χ3v) is 6.44. The van der Waals surface area contributed by atoms with Gasteiger partial charge in [0.05, 0.1) is 4.90 Å². The lowest BCUT2D eigenvalue weighted by Gasteiger charge is -2.23. The Morgan fingerprint density at radius 1 is 1.16 bits per heavy atom. The van der Waals surface area contributed by atoms with E-state index in [4.69, 9.17) is 5.11 Å². The highest BCUT2D eigenvalue weighted by molar-refractivity contribution is 7.89. The molecule has 1 aliphatic rings. The second kappa shape index (κ2) is 7.97. The quantitative estimate of drug-likeness (QED) is 0.855. The van der Waals surface area contributed by atoms with Gasteiger partial charge in [-0.2, -0.15) is 4.31 Å². The summed E-state index contributed by atoms with van der Waals surface area (Å²) in [7, 11) is -2.27. The van der Waals surface area contributed by atoms with Crippen molar-refractivity contribution in [3.8, 4) is 0 Å². The molecule has 0 spiro atoms. The fraction of sp³-hybridized carbons (Fsp3) is 0.529. The molecule has 25 heavy (non-hydrogen) atoms. The molecule has 1 aliphatic heterocycles. The van der Waals surface area contributed by atoms with Gasteiger partial charge in [-0.25, -0.2) is 13.2 Å². The third kappa shape index (κ3) is 4.38. The molecule has 1 unspecified atom stereocenters. The zero-order chi connectivity index (χ0) is 18.6. The maximum Gasteiger partial charge on any atom is 0.326 e. The zero-order valence-electron chi connectivity index (χ0n) is 14.5. The van der Waals surface area contributed by atoms with E-state index < -0.39 is 27.9 Å². The Morgan fingerprint density at radius 3 is 2.32 bits per heavy atom. The molecule has 1 aromatic carbocycles. The SMILES string of the molecule is CC(C(=O)O)N(C)C(=O)c1cccc(S(=O)(=O)N2CCCCCC2)c1. The third-order valence-electron chi connectivity index (χ3n) is 4.54. The Kier molecular flexibility index (Phi) is 6.18. The Morgan fingerprint density at radius 2 is 1.76 bits per heavy atom. The molecule has 1 atom stereocenters. The lowest BCUT2D eigenvalue weighted by atomic mass is 10.2. The molecule has 1 heterocycles. The van der Waals surface area contributed by atoms with Gasteiger partial charge in [-0.3, -0.25) is 4.79 Å². The number of carbonyl (C=O) groups excluding carboxylic acids is 1. The molecule has 7 nitrogen and oxygen atoms in total. The van der Waals surface area contributed by atoms with Gasteiger partial charge < -0.3 is 10.0 Å². The number of carboxylic acids is 1. The molecule has 0 bridgehead atoms. The maximum absolute atomic E-state index is 12.8. The smallest absolute Gasteiger partial charge is 0.326 e. The predicted octanol–water partition coefficient (Wildman–Crippen LogP) is 1.80. The van der Waals surface area contributed by atoms with Crippen LogP contribution in [-0.4, -0.2) is 60.8 Å². The van der Waals surface area contributed by atoms with Crippen LogP contribution >= 0.6 is 0 Å². The normalized spacial score (nSPS) is 17.5. The van der Waals surface area contributed by atoms with Crippen LogP contribution in [0.3, 0.4) is 0 Å². The van der Waals surface area contributed by atoms with Gasteiger partial charge >= 0.3 is 5.97 Å². The molecule has 1 amide bonds. The fourth-order valence-corrected chi connectivity index (χ4v) is 4.33. The molecule has 1 saturated heterocycles. The number of sulfonamides is 1. The minimum absolute atomic E-state index is 0.0663. The van der Waals surface area contributed by atoms with E-state index in [1.54, 1.807) is 0 Å². The molecule has 1 N–H and O–H groups in total. The predicted molar refractivity (Wildman–Crippen MR) is 92.9 cm³/mol. The van der Waals surface area contributed by atoms with E-state index in [1.165, 1.54) is 42.5 Å². The van der Waals surface area contributed by atoms with E-state index in [-0.39, 0.29) is 10.5 Å². The summed E-state index contributed by atoms with van der Waals surface area (Å²) in [5, 5.41) is 9.03. The monoisotopic (exact) mass is 368 g/mol. The number of likely N-dealkylation sites (N-methyl/N-ethyl adjacent to an activating group) is 1. The van der Waals surface area contributed by atoms with Crippen molar-refractivity contribution in [2.75, 3.05) is 20.1 Å². The first kappa shape index (κ1) is 19.4. The molecule has 8 heteroatoms. The van der Waals surface area contributed by atoms with Gasteiger partial charge in [-0.05, 0) is 38.0 Å². The lowest BCUT2D eigenvalue weighted by molar-refractivity contribution is -0.141. The molecular weight excluding hydrogens is 344 g/mol. The number of aliphatic carboxylic acids is 1. The van der Waals surface area contributed by atoms with Gasteiger partial charge in [0.15, 0.2) is 0 Å². The summed E-state index contributed by atoms with van der Waals surface area (Å²) in [5.41, 5.74) is 0.159. The Hall–Kier alpha value is -1.93. The molecule has 1 aromatic rings. The van der Waals surface area contributed by atoms with Gasteiger partial charge in [-0.1, -0.05) is 18.9 Å². The van der Waals surface area contributed by atoms with Crippen molar-refractivity contribution in [3.05, 3.63) is 29.8 Å². The minimum atomic E-state index is -3.66. The number of carbonyl (C=O) groups is 2. The van der Waals surface area contributed by atoms with Crippen LogP contribution in [0.2, 0.25) is 0 Å². The highest BCUT2D eigenvalue weighted by Gasteiger charge is 2.27. The van der Waals surface area contributed by atoms with Crippen LogP contribution in [0.15, 0.2) is 29.2 Å². The molecule has 138 valence electrons. The van der Waals surface area contributed by atoms with E-state index in [0.29, 0.717) is 13.1 Å². The summed E-state index contributed by atoms with van der Waals surface area (Å²) < 4.78 is 27.1. The van der Waals surface area contributed by atoms with E-state index >= 15 is 0 Å². The molecule has 2 rings (SSSR count). The molecule has 0 aromatic heterocycles. The summed E-state index contributed by atoms with van der Waals surface area (Å²) in [6.45, 7) is 2.37. The topological polar surface area (TPSA) is 95.0 Å². The molecular formula is C17H24N2O5S. The second-order valence-electron chi connectivity index (χ2n) is 6.28. The van der Waals surface area contributed by atoms with Gasteiger partial charge in [0.25, 0.3) is 5.91 Å². The summed E-state index contributed by atoms with van der Waals surface area (Å²) in [5.74, 6) is -1.65. The largest absolute Gasteiger partial charge is 0.480 e. The highest BCUT2D eigenvalue weighted by atomic mass is 32.2. The van der Waals surface area contributed by atoms with Crippen molar-refractivity contribution in [1.82, 2.24) is 9.21 Å². The minimum Gasteiger partial charge on any atom is -0.480 e. The lowest BCUT2D eigenvalue weighted by Crippen LogP contribution is -2.40. The maximum atomic E-state index is 12.8. The average Bonchev–Trinajstić information content (AvgIpc) is 2.89. The van der Waals surface area contributed by atoms with Crippen molar-refractivity contribution < 1.29 is 23.1 Å².